The molecule has 0 aromatic heterocycles. The van der Waals surface area contributed by atoms with Crippen molar-refractivity contribution in [2.75, 3.05) is 20.3 Å². The molecule has 1 aliphatic carbocycles. The van der Waals surface area contributed by atoms with Crippen molar-refractivity contribution >= 4 is 11.9 Å². The van der Waals surface area contributed by atoms with Gasteiger partial charge < -0.3 is 14.4 Å². The third-order valence-corrected chi connectivity index (χ3v) is 3.78. The lowest BCUT2D eigenvalue weighted by Gasteiger charge is -2.29. The van der Waals surface area contributed by atoms with Gasteiger partial charge in [0.15, 0.2) is 0 Å². The summed E-state index contributed by atoms with van der Waals surface area (Å²) in [4.78, 5) is 25.5. The first kappa shape index (κ1) is 13.3. The first-order chi connectivity index (χ1) is 8.72. The van der Waals surface area contributed by atoms with Crippen LogP contribution < -0.4 is 0 Å². The van der Waals surface area contributed by atoms with Crippen LogP contribution in [0.5, 0.6) is 0 Å². The molecule has 0 N–H and O–H groups in total. The van der Waals surface area contributed by atoms with Crippen LogP contribution in [-0.4, -0.2) is 49.2 Å². The van der Waals surface area contributed by atoms with Gasteiger partial charge in [-0.25, -0.2) is 0 Å². The van der Waals surface area contributed by atoms with E-state index in [0.717, 1.165) is 38.5 Å². The van der Waals surface area contributed by atoms with E-state index in [1.54, 1.807) is 4.90 Å². The van der Waals surface area contributed by atoms with Gasteiger partial charge in [0.05, 0.1) is 7.11 Å². The maximum atomic E-state index is 12.4. The highest BCUT2D eigenvalue weighted by Gasteiger charge is 2.34. The number of carbonyl (C=O) groups excluding carboxylic acids is 2. The molecule has 0 spiro atoms. The average Bonchev–Trinajstić information content (AvgIpc) is 3.06. The number of rotatable bonds is 4. The highest BCUT2D eigenvalue weighted by Crippen LogP contribution is 2.26. The second-order valence-electron chi connectivity index (χ2n) is 4.98. The van der Waals surface area contributed by atoms with Crippen molar-refractivity contribution in [1.29, 1.82) is 0 Å². The molecule has 0 aromatic carbocycles. The van der Waals surface area contributed by atoms with Crippen molar-refractivity contribution in [1.82, 2.24) is 4.90 Å². The standard InChI is InChI=1S/C13H21NO4/c1-17-12(15)9-14(10-5-2-3-6-10)13(16)11-7-4-8-18-11/h10-11H,2-9H2,1H3/t11-/m1/s1. The molecular formula is C13H21NO4. The third-order valence-electron chi connectivity index (χ3n) is 3.78. The highest BCUT2D eigenvalue weighted by atomic mass is 16.5. The molecule has 1 aliphatic heterocycles. The predicted molar refractivity (Wildman–Crippen MR) is 65.0 cm³/mol. The minimum Gasteiger partial charge on any atom is -0.468 e. The van der Waals surface area contributed by atoms with Gasteiger partial charge in [0.2, 0.25) is 0 Å². The Labute approximate surface area is 107 Å². The predicted octanol–water partition coefficient (Wildman–Crippen LogP) is 1.11. The Morgan fingerprint density at radius 2 is 1.94 bits per heavy atom. The van der Waals surface area contributed by atoms with E-state index in [9.17, 15) is 9.59 Å². The summed E-state index contributed by atoms with van der Waals surface area (Å²) in [5.41, 5.74) is 0. The van der Waals surface area contributed by atoms with Gasteiger partial charge in [-0.1, -0.05) is 12.8 Å². The Hall–Kier alpha value is -1.10. The van der Waals surface area contributed by atoms with Crippen LogP contribution in [0.4, 0.5) is 0 Å². The lowest BCUT2D eigenvalue weighted by Crippen LogP contribution is -2.47. The van der Waals surface area contributed by atoms with Crippen molar-refractivity contribution in [3.05, 3.63) is 0 Å². The quantitative estimate of drug-likeness (QED) is 0.706. The fourth-order valence-electron chi connectivity index (χ4n) is 2.76. The lowest BCUT2D eigenvalue weighted by atomic mass is 10.1. The van der Waals surface area contributed by atoms with E-state index in [0.29, 0.717) is 6.61 Å². The molecule has 18 heavy (non-hydrogen) atoms. The largest absolute Gasteiger partial charge is 0.468 e. The molecule has 1 amide bonds. The maximum absolute atomic E-state index is 12.4. The molecule has 102 valence electrons. The number of hydrogen-bond donors (Lipinski definition) is 0. The van der Waals surface area contributed by atoms with Crippen LogP contribution in [0.25, 0.3) is 0 Å². The summed E-state index contributed by atoms with van der Waals surface area (Å²) in [5, 5.41) is 0. The second kappa shape index (κ2) is 6.18. The molecule has 2 fully saturated rings. The normalized spacial score (nSPS) is 24.2. The van der Waals surface area contributed by atoms with Crippen molar-refractivity contribution in [3.63, 3.8) is 0 Å². The van der Waals surface area contributed by atoms with Crippen LogP contribution >= 0.6 is 0 Å². The van der Waals surface area contributed by atoms with Gasteiger partial charge in [-0.15, -0.1) is 0 Å². The van der Waals surface area contributed by atoms with E-state index < -0.39 is 0 Å². The zero-order chi connectivity index (χ0) is 13.0. The summed E-state index contributed by atoms with van der Waals surface area (Å²) in [7, 11) is 1.35. The number of ether oxygens (including phenoxy) is 2. The molecule has 0 unspecified atom stereocenters. The van der Waals surface area contributed by atoms with E-state index in [2.05, 4.69) is 4.74 Å². The summed E-state index contributed by atoms with van der Waals surface area (Å²) >= 11 is 0. The first-order valence-corrected chi connectivity index (χ1v) is 6.71. The molecule has 0 radical (unpaired) electrons. The molecule has 1 heterocycles. The Morgan fingerprint density at radius 1 is 1.22 bits per heavy atom. The number of carbonyl (C=O) groups is 2. The minimum atomic E-state index is -0.353. The topological polar surface area (TPSA) is 55.8 Å². The number of methoxy groups -OCH3 is 1. The molecular weight excluding hydrogens is 234 g/mol. The van der Waals surface area contributed by atoms with Crippen LogP contribution in [0, 0.1) is 0 Å². The van der Waals surface area contributed by atoms with E-state index in [-0.39, 0.29) is 30.6 Å². The Kier molecular flexibility index (Phi) is 4.58. The third kappa shape index (κ3) is 3.02. The lowest BCUT2D eigenvalue weighted by molar-refractivity contribution is -0.153. The van der Waals surface area contributed by atoms with Gasteiger partial charge in [0.1, 0.15) is 12.6 Å². The van der Waals surface area contributed by atoms with Gasteiger partial charge in [-0.05, 0) is 25.7 Å². The summed E-state index contributed by atoms with van der Waals surface area (Å²) in [6.07, 6.45) is 5.55. The van der Waals surface area contributed by atoms with Gasteiger partial charge in [-0.3, -0.25) is 9.59 Å². The molecule has 0 bridgehead atoms. The monoisotopic (exact) mass is 255 g/mol. The van der Waals surface area contributed by atoms with E-state index in [1.807, 2.05) is 0 Å². The van der Waals surface area contributed by atoms with E-state index in [1.165, 1.54) is 7.11 Å². The van der Waals surface area contributed by atoms with Crippen LogP contribution in [0.15, 0.2) is 0 Å². The Bertz CT molecular complexity index is 306. The summed E-state index contributed by atoms with van der Waals surface area (Å²) in [5.74, 6) is -0.391. The number of esters is 1. The van der Waals surface area contributed by atoms with Crippen LogP contribution in [0.1, 0.15) is 38.5 Å². The fourth-order valence-corrected chi connectivity index (χ4v) is 2.76. The van der Waals surface area contributed by atoms with Gasteiger partial charge in [0, 0.05) is 12.6 Å². The molecule has 0 aromatic rings. The fraction of sp³-hybridized carbons (Fsp3) is 0.846. The van der Waals surface area contributed by atoms with Crippen LogP contribution in [-0.2, 0) is 19.1 Å². The molecule has 2 aliphatic rings. The minimum absolute atomic E-state index is 0.0372. The average molecular weight is 255 g/mol. The number of nitrogens with zero attached hydrogens (tertiary/aromatic N) is 1. The first-order valence-electron chi connectivity index (χ1n) is 6.71. The summed E-state index contributed by atoms with van der Waals surface area (Å²) in [6.45, 7) is 0.701. The zero-order valence-electron chi connectivity index (χ0n) is 10.9. The van der Waals surface area contributed by atoms with Crippen molar-refractivity contribution in [2.45, 2.75) is 50.7 Å². The van der Waals surface area contributed by atoms with Crippen LogP contribution in [0.3, 0.4) is 0 Å². The molecule has 2 rings (SSSR count). The van der Waals surface area contributed by atoms with Gasteiger partial charge >= 0.3 is 5.97 Å². The van der Waals surface area contributed by atoms with Crippen molar-refractivity contribution in [2.24, 2.45) is 0 Å². The zero-order valence-corrected chi connectivity index (χ0v) is 10.9. The maximum Gasteiger partial charge on any atom is 0.325 e. The molecule has 5 nitrogen and oxygen atoms in total. The molecule has 5 heteroatoms. The van der Waals surface area contributed by atoms with Crippen LogP contribution in [0.2, 0.25) is 0 Å². The number of amides is 1. The smallest absolute Gasteiger partial charge is 0.325 e. The summed E-state index contributed by atoms with van der Waals surface area (Å²) in [6, 6.07) is 0.181. The SMILES string of the molecule is COC(=O)CN(C(=O)[C@H]1CCCO1)C1CCCC1. The Morgan fingerprint density at radius 3 is 2.50 bits per heavy atom. The van der Waals surface area contributed by atoms with Crippen molar-refractivity contribution in [3.8, 4) is 0 Å². The van der Waals surface area contributed by atoms with Gasteiger partial charge in [0.25, 0.3) is 5.91 Å². The van der Waals surface area contributed by atoms with Gasteiger partial charge in [-0.2, -0.15) is 0 Å². The Balaban J connectivity index is 2.02. The molecule has 1 saturated carbocycles. The summed E-state index contributed by atoms with van der Waals surface area (Å²) < 4.78 is 10.1. The molecule has 1 atom stereocenters. The van der Waals surface area contributed by atoms with E-state index in [4.69, 9.17) is 4.74 Å². The van der Waals surface area contributed by atoms with Crippen molar-refractivity contribution < 1.29 is 19.1 Å². The highest BCUT2D eigenvalue weighted by molar-refractivity contribution is 5.85. The second-order valence-corrected chi connectivity index (χ2v) is 4.98. The molecule has 1 saturated heterocycles. The van der Waals surface area contributed by atoms with E-state index >= 15 is 0 Å². The number of hydrogen-bond acceptors (Lipinski definition) is 4.